The molecule has 0 saturated heterocycles. The summed E-state index contributed by atoms with van der Waals surface area (Å²) >= 11 is 6.42. The van der Waals surface area contributed by atoms with Gasteiger partial charge in [0.05, 0.1) is 16.1 Å². The lowest BCUT2D eigenvalue weighted by Gasteiger charge is -2.15. The highest BCUT2D eigenvalue weighted by atomic mass is 35.5. The van der Waals surface area contributed by atoms with Crippen LogP contribution in [0.1, 0.15) is 26.3 Å². The predicted molar refractivity (Wildman–Crippen MR) is 98.3 cm³/mol. The molecule has 4 nitrogen and oxygen atoms in total. The molecule has 1 atom stereocenters. The molecular weight excluding hydrogens is 320 g/mol. The first-order valence-corrected chi connectivity index (χ1v) is 8.46. The van der Waals surface area contributed by atoms with E-state index < -0.39 is 0 Å². The fourth-order valence-corrected chi connectivity index (χ4v) is 3.13. The van der Waals surface area contributed by atoms with Crippen LogP contribution in [0.3, 0.4) is 0 Å². The van der Waals surface area contributed by atoms with E-state index in [0.717, 1.165) is 34.5 Å². The van der Waals surface area contributed by atoms with E-state index in [2.05, 4.69) is 18.4 Å². The third-order valence-electron chi connectivity index (χ3n) is 4.35. The summed E-state index contributed by atoms with van der Waals surface area (Å²) in [4.78, 5) is 14.3. The molecule has 4 rings (SSSR count). The molecule has 0 spiro atoms. The van der Waals surface area contributed by atoms with Gasteiger partial charge in [-0.25, -0.2) is 15.0 Å². The Labute approximate surface area is 145 Å². The van der Waals surface area contributed by atoms with Crippen molar-refractivity contribution < 1.29 is 0 Å². The zero-order valence-electron chi connectivity index (χ0n) is 13.6. The summed E-state index contributed by atoms with van der Waals surface area (Å²) in [7, 11) is 0. The van der Waals surface area contributed by atoms with E-state index in [0.29, 0.717) is 10.7 Å². The zero-order chi connectivity index (χ0) is 16.7. The lowest BCUT2D eigenvalue weighted by molar-refractivity contribution is 0.547. The lowest BCUT2D eigenvalue weighted by atomic mass is 10.2. The first kappa shape index (κ1) is 15.1. The summed E-state index contributed by atoms with van der Waals surface area (Å²) in [5.74, 6) is 0.820. The van der Waals surface area contributed by atoms with Gasteiger partial charge in [-0.3, -0.25) is 0 Å². The molecule has 0 bridgehead atoms. The normalized spacial score (nSPS) is 12.8. The van der Waals surface area contributed by atoms with Gasteiger partial charge in [-0.1, -0.05) is 42.8 Å². The average molecular weight is 337 g/mol. The summed E-state index contributed by atoms with van der Waals surface area (Å²) in [5, 5.41) is 0.682. The minimum absolute atomic E-state index is 0.247. The third-order valence-corrected chi connectivity index (χ3v) is 4.68. The lowest BCUT2D eigenvalue weighted by Crippen LogP contribution is -2.07. The maximum absolute atomic E-state index is 6.42. The molecule has 0 amide bonds. The average Bonchev–Trinajstić information content (AvgIpc) is 2.97. The number of nitrogens with zero attached hydrogens (tertiary/aromatic N) is 4. The first-order chi connectivity index (χ1) is 11.7. The summed E-state index contributed by atoms with van der Waals surface area (Å²) < 4.78 is 2.15. The van der Waals surface area contributed by atoms with Gasteiger partial charge in [0.15, 0.2) is 11.3 Å². The highest BCUT2D eigenvalue weighted by Crippen LogP contribution is 2.32. The van der Waals surface area contributed by atoms with Crippen molar-refractivity contribution in [3.63, 3.8) is 0 Å². The molecule has 4 aromatic rings. The van der Waals surface area contributed by atoms with Crippen molar-refractivity contribution in [3.05, 3.63) is 53.6 Å². The van der Waals surface area contributed by atoms with Gasteiger partial charge in [0.2, 0.25) is 0 Å². The van der Waals surface area contributed by atoms with Crippen molar-refractivity contribution >= 4 is 33.9 Å². The summed E-state index contributed by atoms with van der Waals surface area (Å²) in [6.07, 6.45) is 0.970. The fraction of sp³-hybridized carbons (Fsp3) is 0.211. The number of hydrogen-bond donors (Lipinski definition) is 0. The molecule has 2 aromatic heterocycles. The third kappa shape index (κ3) is 2.34. The van der Waals surface area contributed by atoms with Gasteiger partial charge in [0.1, 0.15) is 5.82 Å². The van der Waals surface area contributed by atoms with E-state index >= 15 is 0 Å². The van der Waals surface area contributed by atoms with Gasteiger partial charge < -0.3 is 4.57 Å². The summed E-state index contributed by atoms with van der Waals surface area (Å²) in [6, 6.07) is 15.9. The number of halogens is 1. The molecule has 0 aliphatic carbocycles. The highest BCUT2D eigenvalue weighted by Gasteiger charge is 2.20. The molecule has 0 radical (unpaired) electrons. The summed E-state index contributed by atoms with van der Waals surface area (Å²) in [5.41, 5.74) is 4.09. The largest absolute Gasteiger partial charge is 0.304 e. The molecule has 0 aliphatic rings. The van der Waals surface area contributed by atoms with Gasteiger partial charge in [0, 0.05) is 11.6 Å². The van der Waals surface area contributed by atoms with Crippen LogP contribution >= 0.6 is 11.6 Å². The van der Waals surface area contributed by atoms with Crippen LogP contribution in [0, 0.1) is 0 Å². The Morgan fingerprint density at radius 3 is 2.33 bits per heavy atom. The van der Waals surface area contributed by atoms with Gasteiger partial charge in [-0.05, 0) is 37.6 Å². The minimum Gasteiger partial charge on any atom is -0.304 e. The maximum Gasteiger partial charge on any atom is 0.198 e. The van der Waals surface area contributed by atoms with E-state index in [9.17, 15) is 0 Å². The molecule has 2 heterocycles. The highest BCUT2D eigenvalue weighted by molar-refractivity contribution is 6.33. The van der Waals surface area contributed by atoms with Gasteiger partial charge >= 0.3 is 0 Å². The standard InChI is InChI=1S/C19H17ClN4/c1-3-12(2)24-18(13-8-4-5-9-14(13)20)23-17-19(24)22-16-11-7-6-10-15(16)21-17/h4-12H,3H2,1-2H3/t12-/m0/s1. The first-order valence-electron chi connectivity index (χ1n) is 8.08. The summed E-state index contributed by atoms with van der Waals surface area (Å²) in [6.45, 7) is 4.32. The number of fused-ring (bicyclic) bond motifs is 2. The van der Waals surface area contributed by atoms with Crippen molar-refractivity contribution in [1.82, 2.24) is 19.5 Å². The molecule has 0 unspecified atom stereocenters. The zero-order valence-corrected chi connectivity index (χ0v) is 14.3. The van der Waals surface area contributed by atoms with Crippen LogP contribution in [0.5, 0.6) is 0 Å². The Balaban J connectivity index is 2.09. The van der Waals surface area contributed by atoms with Gasteiger partial charge in [-0.2, -0.15) is 0 Å². The molecule has 0 saturated carbocycles. The Hall–Kier alpha value is -2.46. The van der Waals surface area contributed by atoms with Crippen molar-refractivity contribution in [1.29, 1.82) is 0 Å². The van der Waals surface area contributed by atoms with E-state index in [1.165, 1.54) is 0 Å². The number of rotatable bonds is 3. The minimum atomic E-state index is 0.247. The molecule has 120 valence electrons. The van der Waals surface area contributed by atoms with E-state index in [1.807, 2.05) is 48.5 Å². The molecule has 0 aliphatic heterocycles. The van der Waals surface area contributed by atoms with E-state index in [4.69, 9.17) is 26.6 Å². The van der Waals surface area contributed by atoms with Crippen LogP contribution in [0.2, 0.25) is 5.02 Å². The van der Waals surface area contributed by atoms with Crippen molar-refractivity contribution in [2.24, 2.45) is 0 Å². The van der Waals surface area contributed by atoms with Crippen LogP contribution in [0.25, 0.3) is 33.7 Å². The van der Waals surface area contributed by atoms with Crippen LogP contribution < -0.4 is 0 Å². The van der Waals surface area contributed by atoms with Gasteiger partial charge in [-0.15, -0.1) is 0 Å². The van der Waals surface area contributed by atoms with Gasteiger partial charge in [0.25, 0.3) is 0 Å². The second kappa shape index (κ2) is 5.87. The quantitative estimate of drug-likeness (QED) is 0.511. The van der Waals surface area contributed by atoms with Crippen molar-refractivity contribution in [3.8, 4) is 11.4 Å². The van der Waals surface area contributed by atoms with Crippen LogP contribution in [-0.4, -0.2) is 19.5 Å². The number of aromatic nitrogens is 4. The SMILES string of the molecule is CC[C@H](C)n1c(-c2ccccc2Cl)nc2nc3ccccc3nc21. The number of imidazole rings is 1. The Morgan fingerprint density at radius 2 is 1.62 bits per heavy atom. The smallest absolute Gasteiger partial charge is 0.198 e. The number of hydrogen-bond acceptors (Lipinski definition) is 3. The topological polar surface area (TPSA) is 43.6 Å². The predicted octanol–water partition coefficient (Wildman–Crippen LogP) is 5.27. The molecular formula is C19H17ClN4. The van der Waals surface area contributed by atoms with Crippen LogP contribution in [-0.2, 0) is 0 Å². The monoisotopic (exact) mass is 336 g/mol. The van der Waals surface area contributed by atoms with E-state index in [-0.39, 0.29) is 6.04 Å². The van der Waals surface area contributed by atoms with Crippen LogP contribution in [0.4, 0.5) is 0 Å². The fourth-order valence-electron chi connectivity index (χ4n) is 2.91. The Bertz CT molecular complexity index is 1040. The number of para-hydroxylation sites is 2. The number of benzene rings is 2. The van der Waals surface area contributed by atoms with Crippen molar-refractivity contribution in [2.45, 2.75) is 26.3 Å². The molecule has 5 heteroatoms. The van der Waals surface area contributed by atoms with E-state index in [1.54, 1.807) is 0 Å². The Morgan fingerprint density at radius 1 is 0.958 bits per heavy atom. The second-order valence-corrected chi connectivity index (χ2v) is 6.31. The molecule has 2 aromatic carbocycles. The van der Waals surface area contributed by atoms with Crippen LogP contribution in [0.15, 0.2) is 48.5 Å². The van der Waals surface area contributed by atoms with Crippen molar-refractivity contribution in [2.75, 3.05) is 0 Å². The second-order valence-electron chi connectivity index (χ2n) is 5.90. The maximum atomic E-state index is 6.42. The Kier molecular flexibility index (Phi) is 3.69. The molecule has 24 heavy (non-hydrogen) atoms. The molecule has 0 fully saturated rings. The molecule has 0 N–H and O–H groups in total.